The van der Waals surface area contributed by atoms with Crippen LogP contribution in [0.3, 0.4) is 0 Å². The van der Waals surface area contributed by atoms with Crippen LogP contribution in [0.15, 0.2) is 18.2 Å². The molecule has 1 N–H and O–H groups in total. The number of thioether (sulfide) groups is 1. The maximum Gasteiger partial charge on any atom is 0.310 e. The molecule has 1 unspecified atom stereocenters. The van der Waals surface area contributed by atoms with Crippen molar-refractivity contribution in [2.24, 2.45) is 0 Å². The van der Waals surface area contributed by atoms with Crippen molar-refractivity contribution in [2.75, 3.05) is 18.6 Å². The van der Waals surface area contributed by atoms with Gasteiger partial charge in [0.15, 0.2) is 11.5 Å². The van der Waals surface area contributed by atoms with Gasteiger partial charge in [-0.3, -0.25) is 4.79 Å². The Morgan fingerprint density at radius 3 is 2.70 bits per heavy atom. The fraction of sp³-hybridized carbons (Fsp3) is 0.533. The molecule has 5 heteroatoms. The van der Waals surface area contributed by atoms with Crippen LogP contribution in [-0.2, 0) is 4.79 Å². The molecule has 4 nitrogen and oxygen atoms in total. The molecule has 0 bridgehead atoms. The summed E-state index contributed by atoms with van der Waals surface area (Å²) in [7, 11) is 1.58. The molecule has 1 aromatic rings. The summed E-state index contributed by atoms with van der Waals surface area (Å²) in [4.78, 5) is 11.2. The van der Waals surface area contributed by atoms with E-state index in [2.05, 4.69) is 0 Å². The molecule has 0 saturated carbocycles. The number of aliphatic carboxylic acids is 1. The van der Waals surface area contributed by atoms with E-state index < -0.39 is 11.9 Å². The molecule has 1 atom stereocenters. The Bertz CT molecular complexity index is 469. The topological polar surface area (TPSA) is 55.8 Å². The first kappa shape index (κ1) is 15.0. The van der Waals surface area contributed by atoms with Gasteiger partial charge in [0.05, 0.1) is 13.0 Å². The number of methoxy groups -OCH3 is 1. The molecule has 0 radical (unpaired) electrons. The standard InChI is InChI=1S/C15H20O4S/c1-10(15(16)17)12-4-3-5-13(18-2)14(12)19-11-6-8-20-9-7-11/h3-5,10-11H,6-9H2,1-2H3,(H,16,17). The summed E-state index contributed by atoms with van der Waals surface area (Å²) in [6.45, 7) is 1.67. The van der Waals surface area contributed by atoms with Crippen LogP contribution < -0.4 is 9.47 Å². The first-order valence-corrected chi connectivity index (χ1v) is 7.93. The molecule has 0 aliphatic carbocycles. The summed E-state index contributed by atoms with van der Waals surface area (Å²) >= 11 is 1.93. The monoisotopic (exact) mass is 296 g/mol. The van der Waals surface area contributed by atoms with Gasteiger partial charge in [-0.15, -0.1) is 0 Å². The van der Waals surface area contributed by atoms with E-state index in [0.717, 1.165) is 24.3 Å². The fourth-order valence-corrected chi connectivity index (χ4v) is 3.32. The molecular formula is C15H20O4S. The zero-order valence-electron chi connectivity index (χ0n) is 11.8. The number of benzene rings is 1. The number of ether oxygens (including phenoxy) is 2. The van der Waals surface area contributed by atoms with Crippen molar-refractivity contribution in [1.29, 1.82) is 0 Å². The van der Waals surface area contributed by atoms with Gasteiger partial charge in [-0.25, -0.2) is 0 Å². The highest BCUT2D eigenvalue weighted by Gasteiger charge is 2.24. The Kier molecular flexibility index (Phi) is 5.17. The Hall–Kier alpha value is -1.36. The second kappa shape index (κ2) is 6.88. The molecule has 1 aliphatic rings. The lowest BCUT2D eigenvalue weighted by Crippen LogP contribution is -2.23. The fourth-order valence-electron chi connectivity index (χ4n) is 2.25. The number of hydrogen-bond donors (Lipinski definition) is 1. The van der Waals surface area contributed by atoms with Gasteiger partial charge in [-0.2, -0.15) is 11.8 Å². The van der Waals surface area contributed by atoms with E-state index in [1.165, 1.54) is 0 Å². The van der Waals surface area contributed by atoms with Crippen LogP contribution in [0.25, 0.3) is 0 Å². The van der Waals surface area contributed by atoms with Gasteiger partial charge in [0.25, 0.3) is 0 Å². The Labute approximate surface area is 123 Å². The van der Waals surface area contributed by atoms with Crippen LogP contribution in [0.1, 0.15) is 31.2 Å². The minimum atomic E-state index is -0.859. The number of para-hydroxylation sites is 1. The molecular weight excluding hydrogens is 276 g/mol. The number of carboxylic acids is 1. The smallest absolute Gasteiger partial charge is 0.310 e. The van der Waals surface area contributed by atoms with Crippen molar-refractivity contribution in [3.63, 3.8) is 0 Å². The van der Waals surface area contributed by atoms with E-state index in [9.17, 15) is 9.90 Å². The molecule has 0 spiro atoms. The Balaban J connectivity index is 2.29. The molecule has 1 aromatic carbocycles. The minimum Gasteiger partial charge on any atom is -0.493 e. The number of rotatable bonds is 5. The normalized spacial score (nSPS) is 17.5. The van der Waals surface area contributed by atoms with E-state index in [4.69, 9.17) is 9.47 Å². The molecule has 1 fully saturated rings. The predicted molar refractivity (Wildman–Crippen MR) is 80.0 cm³/mol. The van der Waals surface area contributed by atoms with Crippen LogP contribution >= 0.6 is 11.8 Å². The van der Waals surface area contributed by atoms with Gasteiger partial charge in [0, 0.05) is 5.56 Å². The van der Waals surface area contributed by atoms with E-state index in [1.54, 1.807) is 26.2 Å². The van der Waals surface area contributed by atoms with Crippen LogP contribution in [0, 0.1) is 0 Å². The zero-order valence-corrected chi connectivity index (χ0v) is 12.6. The van der Waals surface area contributed by atoms with Crippen LogP contribution in [-0.4, -0.2) is 35.8 Å². The highest BCUT2D eigenvalue weighted by molar-refractivity contribution is 7.99. The maximum absolute atomic E-state index is 11.2. The maximum atomic E-state index is 11.2. The number of carboxylic acid groups (broad SMARTS) is 1. The molecule has 0 aromatic heterocycles. The highest BCUT2D eigenvalue weighted by atomic mass is 32.2. The van der Waals surface area contributed by atoms with Crippen molar-refractivity contribution >= 4 is 17.7 Å². The van der Waals surface area contributed by atoms with Gasteiger partial charge in [-0.1, -0.05) is 12.1 Å². The number of carbonyl (C=O) groups is 1. The van der Waals surface area contributed by atoms with E-state index in [0.29, 0.717) is 17.1 Å². The summed E-state index contributed by atoms with van der Waals surface area (Å²) in [5, 5.41) is 9.23. The first-order chi connectivity index (χ1) is 9.63. The third kappa shape index (κ3) is 3.39. The highest BCUT2D eigenvalue weighted by Crippen LogP contribution is 2.37. The van der Waals surface area contributed by atoms with E-state index in [-0.39, 0.29) is 6.10 Å². The summed E-state index contributed by atoms with van der Waals surface area (Å²) < 4.78 is 11.4. The van der Waals surface area contributed by atoms with Crippen molar-refractivity contribution in [2.45, 2.75) is 31.8 Å². The van der Waals surface area contributed by atoms with Gasteiger partial charge >= 0.3 is 5.97 Å². The van der Waals surface area contributed by atoms with Crippen LogP contribution in [0.5, 0.6) is 11.5 Å². The predicted octanol–water partition coefficient (Wildman–Crippen LogP) is 3.16. The van der Waals surface area contributed by atoms with E-state index in [1.807, 2.05) is 17.8 Å². The van der Waals surface area contributed by atoms with Crippen molar-refractivity contribution in [3.05, 3.63) is 23.8 Å². The Morgan fingerprint density at radius 1 is 1.40 bits per heavy atom. The second-order valence-electron chi connectivity index (χ2n) is 4.87. The molecule has 0 amide bonds. The van der Waals surface area contributed by atoms with Crippen LogP contribution in [0.2, 0.25) is 0 Å². The largest absolute Gasteiger partial charge is 0.493 e. The molecule has 1 saturated heterocycles. The van der Waals surface area contributed by atoms with E-state index >= 15 is 0 Å². The number of hydrogen-bond acceptors (Lipinski definition) is 4. The third-order valence-electron chi connectivity index (χ3n) is 3.52. The summed E-state index contributed by atoms with van der Waals surface area (Å²) in [6.07, 6.45) is 2.13. The lowest BCUT2D eigenvalue weighted by molar-refractivity contribution is -0.138. The quantitative estimate of drug-likeness (QED) is 0.904. The Morgan fingerprint density at radius 2 is 2.10 bits per heavy atom. The average Bonchev–Trinajstić information content (AvgIpc) is 2.47. The van der Waals surface area contributed by atoms with Gasteiger partial charge in [0.2, 0.25) is 0 Å². The van der Waals surface area contributed by atoms with Crippen molar-refractivity contribution in [1.82, 2.24) is 0 Å². The second-order valence-corrected chi connectivity index (χ2v) is 6.09. The van der Waals surface area contributed by atoms with Crippen molar-refractivity contribution < 1.29 is 19.4 Å². The SMILES string of the molecule is COc1cccc(C(C)C(=O)O)c1OC1CCSCC1. The average molecular weight is 296 g/mol. The molecule has 1 aliphatic heterocycles. The van der Waals surface area contributed by atoms with Gasteiger partial charge in [-0.05, 0) is 37.3 Å². The summed E-state index contributed by atoms with van der Waals surface area (Å²) in [6, 6.07) is 5.41. The molecule has 110 valence electrons. The third-order valence-corrected chi connectivity index (χ3v) is 4.57. The lowest BCUT2D eigenvalue weighted by Gasteiger charge is -2.26. The van der Waals surface area contributed by atoms with Gasteiger partial charge in [0.1, 0.15) is 6.10 Å². The molecule has 1 heterocycles. The lowest BCUT2D eigenvalue weighted by atomic mass is 9.99. The first-order valence-electron chi connectivity index (χ1n) is 6.77. The summed E-state index contributed by atoms with van der Waals surface area (Å²) in [5.41, 5.74) is 0.676. The molecule has 20 heavy (non-hydrogen) atoms. The molecule has 2 rings (SSSR count). The summed E-state index contributed by atoms with van der Waals surface area (Å²) in [5.74, 6) is 1.89. The van der Waals surface area contributed by atoms with Gasteiger partial charge < -0.3 is 14.6 Å². The van der Waals surface area contributed by atoms with Crippen molar-refractivity contribution in [3.8, 4) is 11.5 Å². The zero-order chi connectivity index (χ0) is 14.5. The minimum absolute atomic E-state index is 0.146. The van der Waals surface area contributed by atoms with Crippen LogP contribution in [0.4, 0.5) is 0 Å².